The Bertz CT molecular complexity index is 860. The Morgan fingerprint density at radius 1 is 1.23 bits per heavy atom. The third kappa shape index (κ3) is 5.22. The molecule has 1 fully saturated rings. The van der Waals surface area contributed by atoms with Gasteiger partial charge in [-0.15, -0.1) is 21.0 Å². The summed E-state index contributed by atoms with van der Waals surface area (Å²) in [4.78, 5) is 6.20. The van der Waals surface area contributed by atoms with Crippen molar-refractivity contribution in [3.05, 3.63) is 35.8 Å². The predicted molar refractivity (Wildman–Crippen MR) is 109 cm³/mol. The van der Waals surface area contributed by atoms with E-state index in [0.717, 1.165) is 30.3 Å². The lowest BCUT2D eigenvalue weighted by molar-refractivity contribution is 0.352. The average molecular weight is 428 g/mol. The molecule has 2 aromatic rings. The van der Waals surface area contributed by atoms with Gasteiger partial charge in [0.25, 0.3) is 10.0 Å². The smallest absolute Gasteiger partial charge is 0.263 e. The van der Waals surface area contributed by atoms with E-state index < -0.39 is 10.0 Å². The van der Waals surface area contributed by atoms with Gasteiger partial charge in [0, 0.05) is 24.7 Å². The van der Waals surface area contributed by atoms with E-state index in [9.17, 15) is 8.42 Å². The highest BCUT2D eigenvalue weighted by Gasteiger charge is 2.15. The molecule has 1 saturated heterocycles. The molecule has 0 bridgehead atoms. The number of anilines is 1. The molecule has 1 aliphatic heterocycles. The molecule has 1 aliphatic rings. The predicted octanol–water partition coefficient (Wildman–Crippen LogP) is 4.45. The minimum absolute atomic E-state index is 0.142. The zero-order chi connectivity index (χ0) is 18.4. The summed E-state index contributed by atoms with van der Waals surface area (Å²) in [7, 11) is -3.66. The third-order valence-electron chi connectivity index (χ3n) is 3.69. The summed E-state index contributed by atoms with van der Waals surface area (Å²) in [5, 5.41) is 6.12. The van der Waals surface area contributed by atoms with Gasteiger partial charge in [-0.2, -0.15) is 0 Å². The minimum Gasteiger partial charge on any atom is -0.356 e. The molecule has 1 aromatic carbocycles. The molecule has 0 saturated carbocycles. The summed E-state index contributed by atoms with van der Waals surface area (Å²) in [5.74, 6) is 0. The van der Waals surface area contributed by atoms with Crippen molar-refractivity contribution in [3.63, 3.8) is 0 Å². The Morgan fingerprint density at radius 2 is 1.96 bits per heavy atom. The molecule has 1 aromatic heterocycles. The van der Waals surface area contributed by atoms with Crippen LogP contribution < -0.4 is 4.72 Å². The molecule has 138 valence electrons. The van der Waals surface area contributed by atoms with Crippen molar-refractivity contribution in [1.29, 1.82) is 0 Å². The highest BCUT2D eigenvalue weighted by atomic mass is 32.2. The van der Waals surface area contributed by atoms with E-state index in [0.29, 0.717) is 10.8 Å². The monoisotopic (exact) mass is 427 g/mol. The Labute approximate surface area is 166 Å². The fraction of sp³-hybridized carbons (Fsp3) is 0.333. The lowest BCUT2D eigenvalue weighted by Crippen LogP contribution is -2.32. The molecule has 0 unspecified atom stereocenters. The molecule has 0 amide bonds. The molecule has 11 heteroatoms. The van der Waals surface area contributed by atoms with Gasteiger partial charge in [0.1, 0.15) is 0 Å². The van der Waals surface area contributed by atoms with E-state index in [4.69, 9.17) is 12.2 Å². The van der Waals surface area contributed by atoms with Crippen LogP contribution in [-0.4, -0.2) is 35.7 Å². The largest absolute Gasteiger partial charge is 0.356 e. The van der Waals surface area contributed by atoms with Gasteiger partial charge in [-0.3, -0.25) is 4.72 Å². The number of benzene rings is 1. The Kier molecular flexibility index (Phi) is 6.57. The topological polar surface area (TPSA) is 87.0 Å². The highest BCUT2D eigenvalue weighted by molar-refractivity contribution is 8.21. The summed E-state index contributed by atoms with van der Waals surface area (Å²) in [6.07, 6.45) is 5.10. The number of hydrogen-bond acceptors (Lipinski definition) is 8. The van der Waals surface area contributed by atoms with Crippen molar-refractivity contribution in [2.75, 3.05) is 17.8 Å². The van der Waals surface area contributed by atoms with Gasteiger partial charge in [0.2, 0.25) is 0 Å². The van der Waals surface area contributed by atoms with E-state index in [1.807, 2.05) is 0 Å². The van der Waals surface area contributed by atoms with Gasteiger partial charge in [-0.05, 0) is 43.5 Å². The first-order valence-corrected chi connectivity index (χ1v) is 11.5. The summed E-state index contributed by atoms with van der Waals surface area (Å²) >= 11 is 7.74. The van der Waals surface area contributed by atoms with Crippen LogP contribution >= 0.6 is 35.5 Å². The summed E-state index contributed by atoms with van der Waals surface area (Å²) in [5.41, 5.74) is 0.562. The van der Waals surface area contributed by atoms with Gasteiger partial charge >= 0.3 is 0 Å². The van der Waals surface area contributed by atoms with Crippen molar-refractivity contribution in [2.24, 2.45) is 9.63 Å². The van der Waals surface area contributed by atoms with Crippen LogP contribution in [0.25, 0.3) is 0 Å². The zero-order valence-electron chi connectivity index (χ0n) is 13.7. The minimum atomic E-state index is -3.66. The number of rotatable bonds is 5. The van der Waals surface area contributed by atoms with Crippen LogP contribution in [0.5, 0.6) is 0 Å². The van der Waals surface area contributed by atoms with Crippen LogP contribution in [0.2, 0.25) is 0 Å². The molecule has 1 N–H and O–H groups in total. The summed E-state index contributed by atoms with van der Waals surface area (Å²) in [6, 6.07) is 6.17. The average Bonchev–Trinajstić information content (AvgIpc) is 3.15. The van der Waals surface area contributed by atoms with Crippen molar-refractivity contribution >= 4 is 60.7 Å². The first-order chi connectivity index (χ1) is 12.5. The van der Waals surface area contributed by atoms with Crippen molar-refractivity contribution in [3.8, 4) is 0 Å². The van der Waals surface area contributed by atoms with Crippen LogP contribution in [0, 0.1) is 0 Å². The lowest BCUT2D eigenvalue weighted by Gasteiger charge is -2.27. The maximum Gasteiger partial charge on any atom is 0.263 e. The molecular formula is C15H17N5O2S4. The van der Waals surface area contributed by atoms with Crippen LogP contribution in [0.15, 0.2) is 50.4 Å². The number of likely N-dealkylation sites (tertiary alicyclic amines) is 1. The van der Waals surface area contributed by atoms with Gasteiger partial charge in [0.15, 0.2) is 9.45 Å². The van der Waals surface area contributed by atoms with E-state index in [1.54, 1.807) is 17.5 Å². The van der Waals surface area contributed by atoms with Crippen LogP contribution in [0.3, 0.4) is 0 Å². The Morgan fingerprint density at radius 3 is 2.62 bits per heavy atom. The molecule has 0 spiro atoms. The molecule has 0 radical (unpaired) electrons. The highest BCUT2D eigenvalue weighted by Crippen LogP contribution is 2.23. The molecular weight excluding hydrogens is 410 g/mol. The molecule has 0 aliphatic carbocycles. The van der Waals surface area contributed by atoms with E-state index >= 15 is 0 Å². The van der Waals surface area contributed by atoms with Crippen molar-refractivity contribution < 1.29 is 8.42 Å². The van der Waals surface area contributed by atoms with Gasteiger partial charge in [-0.25, -0.2) is 13.4 Å². The van der Waals surface area contributed by atoms with Gasteiger partial charge in [-0.1, -0.05) is 12.2 Å². The number of piperidine rings is 1. The van der Waals surface area contributed by atoms with E-state index in [-0.39, 0.29) is 4.90 Å². The molecule has 26 heavy (non-hydrogen) atoms. The van der Waals surface area contributed by atoms with Crippen molar-refractivity contribution in [2.45, 2.75) is 24.2 Å². The molecule has 0 atom stereocenters. The quantitative estimate of drug-likeness (QED) is 0.431. The summed E-state index contributed by atoms with van der Waals surface area (Å²) < 4.78 is 31.7. The fourth-order valence-corrected chi connectivity index (χ4v) is 4.95. The van der Waals surface area contributed by atoms with Gasteiger partial charge in [0.05, 0.1) is 22.5 Å². The number of sulfonamides is 1. The normalized spacial score (nSPS) is 15.3. The Hall–Kier alpha value is -1.56. The number of thiazole rings is 1. The molecule has 2 heterocycles. The zero-order valence-corrected chi connectivity index (χ0v) is 17.0. The third-order valence-corrected chi connectivity index (χ3v) is 6.92. The van der Waals surface area contributed by atoms with Crippen LogP contribution in [-0.2, 0) is 10.0 Å². The standard InChI is InChI=1S/C15H17N5O2S4/c21-26(22,18-14-16-8-11-24-14)13-6-4-12(5-7-13)17-19-25-15(23)20-9-2-1-3-10-20/h4-8,11H,1-3,9-10H2,(H,16,18). The van der Waals surface area contributed by atoms with E-state index in [2.05, 4.69) is 24.2 Å². The van der Waals surface area contributed by atoms with Crippen molar-refractivity contribution in [1.82, 2.24) is 9.88 Å². The second kappa shape index (κ2) is 8.89. The summed E-state index contributed by atoms with van der Waals surface area (Å²) in [6.45, 7) is 1.94. The lowest BCUT2D eigenvalue weighted by atomic mass is 10.1. The molecule has 3 rings (SSSR count). The number of thiocarbonyl (C=S) groups is 1. The number of hydrogen-bond donors (Lipinski definition) is 1. The van der Waals surface area contributed by atoms with Crippen LogP contribution in [0.4, 0.5) is 10.8 Å². The van der Waals surface area contributed by atoms with E-state index in [1.165, 1.54) is 48.0 Å². The second-order valence-electron chi connectivity index (χ2n) is 5.52. The number of aromatic nitrogens is 1. The maximum absolute atomic E-state index is 12.3. The second-order valence-corrected chi connectivity index (χ2v) is 9.48. The first-order valence-electron chi connectivity index (χ1n) is 7.94. The van der Waals surface area contributed by atoms with Crippen LogP contribution in [0.1, 0.15) is 19.3 Å². The number of nitrogens with zero attached hydrogens (tertiary/aromatic N) is 4. The maximum atomic E-state index is 12.3. The first kappa shape index (κ1) is 19.2. The SMILES string of the molecule is O=S(=O)(Nc1nccs1)c1ccc(N=NSC(=S)N2CCCCC2)cc1. The molecule has 7 nitrogen and oxygen atoms in total. The van der Waals surface area contributed by atoms with Gasteiger partial charge < -0.3 is 4.90 Å². The Balaban J connectivity index is 1.57. The fourth-order valence-electron chi connectivity index (χ4n) is 2.38. The number of nitrogens with one attached hydrogen (secondary N) is 1.